The number of carbonyl (C=O) groups excluding carboxylic acids is 1. The Bertz CT molecular complexity index is 1170. The Morgan fingerprint density at radius 2 is 1.79 bits per heavy atom. The van der Waals surface area contributed by atoms with E-state index < -0.39 is 14.9 Å². The molecular weight excluding hydrogens is 466 g/mol. The topological polar surface area (TPSA) is 110 Å². The Hall–Kier alpha value is -2.49. The van der Waals surface area contributed by atoms with Crippen molar-refractivity contribution in [3.05, 3.63) is 68.7 Å². The summed E-state index contributed by atoms with van der Waals surface area (Å²) in [7, 11) is -3.89. The van der Waals surface area contributed by atoms with E-state index in [9.17, 15) is 23.3 Å². The van der Waals surface area contributed by atoms with Gasteiger partial charge in [0.2, 0.25) is 15.9 Å². The summed E-state index contributed by atoms with van der Waals surface area (Å²) >= 11 is 6.00. The molecule has 2 fully saturated rings. The second-order valence-corrected chi connectivity index (χ2v) is 11.2. The van der Waals surface area contributed by atoms with Crippen LogP contribution < -0.4 is 5.32 Å². The maximum Gasteiger partial charge on any atom is 0.270 e. The van der Waals surface area contributed by atoms with Crippen LogP contribution in [0.1, 0.15) is 43.2 Å². The lowest BCUT2D eigenvalue weighted by Crippen LogP contribution is -2.53. The fourth-order valence-electron chi connectivity index (χ4n) is 4.60. The van der Waals surface area contributed by atoms with Crippen molar-refractivity contribution in [2.24, 2.45) is 5.92 Å². The van der Waals surface area contributed by atoms with Gasteiger partial charge in [0.15, 0.2) is 0 Å². The molecule has 1 saturated heterocycles. The van der Waals surface area contributed by atoms with E-state index in [0.717, 1.165) is 30.9 Å². The molecule has 0 bridgehead atoms. The maximum atomic E-state index is 13.1. The van der Waals surface area contributed by atoms with Crippen molar-refractivity contribution in [2.75, 3.05) is 13.1 Å². The minimum atomic E-state index is -3.89. The van der Waals surface area contributed by atoms with Gasteiger partial charge in [-0.25, -0.2) is 8.42 Å². The van der Waals surface area contributed by atoms with Crippen molar-refractivity contribution in [3.8, 4) is 0 Å². The third-order valence-electron chi connectivity index (χ3n) is 6.79. The van der Waals surface area contributed by atoms with Crippen LogP contribution in [-0.2, 0) is 20.4 Å². The van der Waals surface area contributed by atoms with Crippen molar-refractivity contribution in [1.29, 1.82) is 0 Å². The molecular formula is C23H26ClN3O5S. The van der Waals surface area contributed by atoms with Crippen LogP contribution in [0.25, 0.3) is 0 Å². The van der Waals surface area contributed by atoms with Gasteiger partial charge in [0.05, 0.1) is 15.4 Å². The van der Waals surface area contributed by atoms with Crippen molar-refractivity contribution >= 4 is 33.2 Å². The number of halogens is 1. The predicted molar refractivity (Wildman–Crippen MR) is 124 cm³/mol. The van der Waals surface area contributed by atoms with Crippen LogP contribution in [-0.4, -0.2) is 36.6 Å². The second kappa shape index (κ2) is 9.04. The molecule has 8 nitrogen and oxygen atoms in total. The van der Waals surface area contributed by atoms with E-state index in [-0.39, 0.29) is 41.0 Å². The average Bonchev–Trinajstić information content (AvgIpc) is 2.77. The van der Waals surface area contributed by atoms with Crippen molar-refractivity contribution in [3.63, 3.8) is 0 Å². The molecule has 1 saturated carbocycles. The van der Waals surface area contributed by atoms with Gasteiger partial charge < -0.3 is 5.32 Å². The van der Waals surface area contributed by atoms with Crippen LogP contribution in [0, 0.1) is 23.0 Å². The first-order valence-corrected chi connectivity index (χ1v) is 12.8. The standard InChI is InChI=1S/C23H26ClN3O5S/c1-16-3-8-20(27(29)30)15-21(16)33(31,32)26-13-9-17(10-14-26)22(28)25-23(11-2-12-23)18-4-6-19(24)7-5-18/h3-8,15,17H,2,9-14H2,1H3,(H,25,28). The number of nitro groups is 1. The number of nitrogens with zero attached hydrogens (tertiary/aromatic N) is 2. The second-order valence-electron chi connectivity index (χ2n) is 8.82. The summed E-state index contributed by atoms with van der Waals surface area (Å²) < 4.78 is 27.6. The highest BCUT2D eigenvalue weighted by Crippen LogP contribution is 2.42. The van der Waals surface area contributed by atoms with Gasteiger partial charge in [-0.3, -0.25) is 14.9 Å². The Labute approximate surface area is 198 Å². The van der Waals surface area contributed by atoms with Crippen LogP contribution in [0.4, 0.5) is 5.69 Å². The Morgan fingerprint density at radius 3 is 2.33 bits per heavy atom. The highest BCUT2D eigenvalue weighted by Gasteiger charge is 2.42. The molecule has 1 amide bonds. The molecule has 33 heavy (non-hydrogen) atoms. The average molecular weight is 492 g/mol. The van der Waals surface area contributed by atoms with E-state index in [1.165, 1.54) is 16.4 Å². The Kier molecular flexibility index (Phi) is 6.48. The zero-order valence-electron chi connectivity index (χ0n) is 18.3. The molecule has 0 aromatic heterocycles. The largest absolute Gasteiger partial charge is 0.346 e. The summed E-state index contributed by atoms with van der Waals surface area (Å²) in [4.78, 5) is 23.5. The first kappa shape index (κ1) is 23.7. The molecule has 0 unspecified atom stereocenters. The predicted octanol–water partition coefficient (Wildman–Crippen LogP) is 4.15. The van der Waals surface area contributed by atoms with Gasteiger partial charge in [0.1, 0.15) is 0 Å². The molecule has 1 heterocycles. The van der Waals surface area contributed by atoms with E-state index in [0.29, 0.717) is 23.4 Å². The number of nitrogens with one attached hydrogen (secondary N) is 1. The number of piperidine rings is 1. The smallest absolute Gasteiger partial charge is 0.270 e. The lowest BCUT2D eigenvalue weighted by molar-refractivity contribution is -0.385. The van der Waals surface area contributed by atoms with Gasteiger partial charge in [0, 0.05) is 36.2 Å². The van der Waals surface area contributed by atoms with E-state index in [1.807, 2.05) is 24.3 Å². The summed E-state index contributed by atoms with van der Waals surface area (Å²) in [6, 6.07) is 11.4. The number of rotatable bonds is 6. The normalized spacial score (nSPS) is 19.0. The summed E-state index contributed by atoms with van der Waals surface area (Å²) in [6.45, 7) is 2.00. The lowest BCUT2D eigenvalue weighted by atomic mass is 9.71. The quantitative estimate of drug-likeness (QED) is 0.482. The van der Waals surface area contributed by atoms with Crippen LogP contribution in [0.2, 0.25) is 5.02 Å². The first-order chi connectivity index (χ1) is 15.6. The van der Waals surface area contributed by atoms with Gasteiger partial charge in [-0.15, -0.1) is 0 Å². The third-order valence-corrected chi connectivity index (χ3v) is 9.08. The molecule has 0 radical (unpaired) electrons. The Morgan fingerprint density at radius 1 is 1.15 bits per heavy atom. The Balaban J connectivity index is 1.43. The van der Waals surface area contributed by atoms with E-state index >= 15 is 0 Å². The lowest BCUT2D eigenvalue weighted by Gasteiger charge is -2.44. The molecule has 10 heteroatoms. The van der Waals surface area contributed by atoms with Gasteiger partial charge in [-0.05, 0) is 62.3 Å². The summed E-state index contributed by atoms with van der Waals surface area (Å²) in [5.41, 5.74) is 0.842. The van der Waals surface area contributed by atoms with Crippen LogP contribution in [0.15, 0.2) is 47.4 Å². The molecule has 2 aromatic rings. The number of amides is 1. The maximum absolute atomic E-state index is 13.1. The monoisotopic (exact) mass is 491 g/mol. The number of carbonyl (C=O) groups is 1. The fourth-order valence-corrected chi connectivity index (χ4v) is 6.44. The number of sulfonamides is 1. The zero-order valence-corrected chi connectivity index (χ0v) is 19.9. The molecule has 1 aliphatic heterocycles. The SMILES string of the molecule is Cc1ccc([N+](=O)[O-])cc1S(=O)(=O)N1CCC(C(=O)NC2(c3ccc(Cl)cc3)CCC2)CC1. The van der Waals surface area contributed by atoms with Gasteiger partial charge in [-0.2, -0.15) is 4.31 Å². The first-order valence-electron chi connectivity index (χ1n) is 11.0. The van der Waals surface area contributed by atoms with E-state index in [4.69, 9.17) is 11.6 Å². The molecule has 176 valence electrons. The van der Waals surface area contributed by atoms with Crippen LogP contribution in [0.5, 0.6) is 0 Å². The minimum Gasteiger partial charge on any atom is -0.346 e. The van der Waals surface area contributed by atoms with Gasteiger partial charge >= 0.3 is 0 Å². The molecule has 1 N–H and O–H groups in total. The number of non-ortho nitro benzene ring substituents is 1. The number of aryl methyl sites for hydroxylation is 1. The molecule has 0 spiro atoms. The van der Waals surface area contributed by atoms with Crippen molar-refractivity contribution in [2.45, 2.75) is 49.5 Å². The van der Waals surface area contributed by atoms with Crippen LogP contribution in [0.3, 0.4) is 0 Å². The molecule has 2 aromatic carbocycles. The third kappa shape index (κ3) is 4.62. The molecule has 0 atom stereocenters. The summed E-state index contributed by atoms with van der Waals surface area (Å²) in [6.07, 6.45) is 3.55. The number of hydrogen-bond donors (Lipinski definition) is 1. The van der Waals surface area contributed by atoms with Crippen molar-refractivity contribution < 1.29 is 18.1 Å². The molecule has 1 aliphatic carbocycles. The van der Waals surface area contributed by atoms with Crippen molar-refractivity contribution in [1.82, 2.24) is 9.62 Å². The summed E-state index contributed by atoms with van der Waals surface area (Å²) in [5.74, 6) is -0.347. The summed E-state index contributed by atoms with van der Waals surface area (Å²) in [5, 5.41) is 15.0. The van der Waals surface area contributed by atoms with E-state index in [2.05, 4.69) is 5.32 Å². The number of benzene rings is 2. The zero-order chi connectivity index (χ0) is 23.8. The highest BCUT2D eigenvalue weighted by atomic mass is 35.5. The highest BCUT2D eigenvalue weighted by molar-refractivity contribution is 7.89. The minimum absolute atomic E-state index is 0.0595. The molecule has 4 rings (SSSR count). The van der Waals surface area contributed by atoms with E-state index in [1.54, 1.807) is 6.92 Å². The van der Waals surface area contributed by atoms with Gasteiger partial charge in [-0.1, -0.05) is 29.8 Å². The number of hydrogen-bond acceptors (Lipinski definition) is 5. The molecule has 2 aliphatic rings. The number of nitro benzene ring substituents is 1. The van der Waals surface area contributed by atoms with Crippen LogP contribution >= 0.6 is 11.6 Å². The fraction of sp³-hybridized carbons (Fsp3) is 0.435. The van der Waals surface area contributed by atoms with Gasteiger partial charge in [0.25, 0.3) is 5.69 Å².